The Balaban J connectivity index is 2.70. The van der Waals surface area contributed by atoms with Gasteiger partial charge in [-0.25, -0.2) is 4.98 Å². The second-order valence-electron chi connectivity index (χ2n) is 2.84. The largest absolute Gasteiger partial charge is 0.260 e. The number of imidazole rings is 1. The third-order valence-electron chi connectivity index (χ3n) is 1.80. The molecule has 2 heterocycles. The first kappa shape index (κ1) is 7.68. The first-order valence-electron chi connectivity index (χ1n) is 3.79. The summed E-state index contributed by atoms with van der Waals surface area (Å²) in [7, 11) is 0.278. The van der Waals surface area contributed by atoms with Crippen molar-refractivity contribution in [3.05, 3.63) is 30.6 Å². The van der Waals surface area contributed by atoms with E-state index in [1.807, 2.05) is 24.4 Å². The van der Waals surface area contributed by atoms with Crippen LogP contribution in [0, 0.1) is 0 Å². The summed E-state index contributed by atoms with van der Waals surface area (Å²) in [6, 6.07) is 6.07. The highest BCUT2D eigenvalue weighted by Crippen LogP contribution is 2.11. The normalized spacial score (nSPS) is 11.2. The molecule has 0 fully saturated rings. The average Bonchev–Trinajstić information content (AvgIpc) is 2.47. The summed E-state index contributed by atoms with van der Waals surface area (Å²) in [4.78, 5) is 4.31. The van der Waals surface area contributed by atoms with Crippen LogP contribution in [0.15, 0.2) is 35.6 Å². The van der Waals surface area contributed by atoms with Gasteiger partial charge in [-0.15, -0.1) is 0 Å². The molecule has 0 aliphatic rings. The maximum atomic E-state index is 4.31. The van der Waals surface area contributed by atoms with Crippen molar-refractivity contribution in [2.75, 3.05) is 12.5 Å². The summed E-state index contributed by atoms with van der Waals surface area (Å²) < 4.78 is 2.14. The van der Waals surface area contributed by atoms with Gasteiger partial charge in [-0.05, 0) is 12.1 Å². The molecule has 3 heteroatoms. The van der Waals surface area contributed by atoms with Gasteiger partial charge in [-0.2, -0.15) is 0 Å². The Morgan fingerprint density at radius 1 is 1.33 bits per heavy atom. The first-order valence-corrected chi connectivity index (χ1v) is 5.83. The van der Waals surface area contributed by atoms with E-state index in [4.69, 9.17) is 0 Å². The molecule has 12 heavy (non-hydrogen) atoms. The standard InChI is InChI=1S/C9H11N2S/c1-12(2)9-7-10-8-5-3-4-6-11(8)9/h3-7H,1-2H3/q+1. The summed E-state index contributed by atoms with van der Waals surface area (Å²) in [6.07, 6.45) is 8.43. The van der Waals surface area contributed by atoms with E-state index < -0.39 is 0 Å². The van der Waals surface area contributed by atoms with Crippen LogP contribution in [-0.2, 0) is 10.9 Å². The van der Waals surface area contributed by atoms with Crippen molar-refractivity contribution in [1.82, 2.24) is 9.38 Å². The molecule has 2 rings (SSSR count). The Kier molecular flexibility index (Phi) is 1.81. The highest BCUT2D eigenvalue weighted by Gasteiger charge is 2.13. The summed E-state index contributed by atoms with van der Waals surface area (Å²) in [6.45, 7) is 0. The summed E-state index contributed by atoms with van der Waals surface area (Å²) in [5, 5.41) is 1.30. The van der Waals surface area contributed by atoms with Crippen molar-refractivity contribution in [3.63, 3.8) is 0 Å². The number of hydrogen-bond donors (Lipinski definition) is 0. The first-order chi connectivity index (χ1) is 5.79. The SMILES string of the molecule is C[S+](C)c1cnc2ccccn12. The third kappa shape index (κ3) is 1.10. The number of pyridine rings is 1. The molecular weight excluding hydrogens is 168 g/mol. The van der Waals surface area contributed by atoms with Crippen LogP contribution in [-0.4, -0.2) is 21.9 Å². The highest BCUT2D eigenvalue weighted by atomic mass is 32.2. The lowest BCUT2D eigenvalue weighted by Crippen LogP contribution is -1.99. The highest BCUT2D eigenvalue weighted by molar-refractivity contribution is 7.95. The molecule has 0 unspecified atom stereocenters. The van der Waals surface area contributed by atoms with E-state index in [9.17, 15) is 0 Å². The van der Waals surface area contributed by atoms with Gasteiger partial charge in [0.15, 0.2) is 0 Å². The van der Waals surface area contributed by atoms with Gasteiger partial charge in [0, 0.05) is 17.1 Å². The monoisotopic (exact) mass is 179 g/mol. The predicted octanol–water partition coefficient (Wildman–Crippen LogP) is 1.57. The van der Waals surface area contributed by atoms with Gasteiger partial charge in [0.05, 0.1) is 0 Å². The smallest absolute Gasteiger partial charge is 0.251 e. The summed E-state index contributed by atoms with van der Waals surface area (Å²) in [5.41, 5.74) is 1.04. The Labute approximate surface area is 74.6 Å². The third-order valence-corrected chi connectivity index (χ3v) is 2.94. The van der Waals surface area contributed by atoms with E-state index in [1.165, 1.54) is 5.03 Å². The second kappa shape index (κ2) is 2.83. The Morgan fingerprint density at radius 2 is 2.17 bits per heavy atom. The Hall–Kier alpha value is -0.960. The van der Waals surface area contributed by atoms with Crippen molar-refractivity contribution in [1.29, 1.82) is 0 Å². The maximum Gasteiger partial charge on any atom is 0.251 e. The molecule has 62 valence electrons. The van der Waals surface area contributed by atoms with Gasteiger partial charge >= 0.3 is 0 Å². The minimum Gasteiger partial charge on any atom is -0.260 e. The van der Waals surface area contributed by atoms with Crippen LogP contribution >= 0.6 is 0 Å². The number of fused-ring (bicyclic) bond motifs is 1. The van der Waals surface area contributed by atoms with Gasteiger partial charge in [-0.3, -0.25) is 4.40 Å². The molecule has 0 aromatic carbocycles. The fourth-order valence-corrected chi connectivity index (χ4v) is 2.02. The zero-order valence-electron chi connectivity index (χ0n) is 7.19. The lowest BCUT2D eigenvalue weighted by Gasteiger charge is -1.94. The van der Waals surface area contributed by atoms with Crippen LogP contribution < -0.4 is 0 Å². The topological polar surface area (TPSA) is 17.3 Å². The predicted molar refractivity (Wildman–Crippen MR) is 52.7 cm³/mol. The molecule has 0 saturated carbocycles. The molecule has 0 aliphatic heterocycles. The van der Waals surface area contributed by atoms with E-state index >= 15 is 0 Å². The molecule has 2 aromatic heterocycles. The number of nitrogens with zero attached hydrogens (tertiary/aromatic N) is 2. The fourth-order valence-electron chi connectivity index (χ4n) is 1.21. The molecule has 0 aliphatic carbocycles. The van der Waals surface area contributed by atoms with Gasteiger partial charge in [0.1, 0.15) is 24.4 Å². The van der Waals surface area contributed by atoms with E-state index in [0.717, 1.165) is 5.65 Å². The fraction of sp³-hybridized carbons (Fsp3) is 0.222. The zero-order chi connectivity index (χ0) is 8.55. The summed E-state index contributed by atoms with van der Waals surface area (Å²) in [5.74, 6) is 0. The molecule has 2 aromatic rings. The lowest BCUT2D eigenvalue weighted by molar-refractivity contribution is 1.05. The lowest BCUT2D eigenvalue weighted by atomic mass is 10.5. The Morgan fingerprint density at radius 3 is 2.92 bits per heavy atom. The quantitative estimate of drug-likeness (QED) is 0.607. The zero-order valence-corrected chi connectivity index (χ0v) is 8.01. The molecule has 0 saturated heterocycles. The van der Waals surface area contributed by atoms with E-state index in [-0.39, 0.29) is 10.9 Å². The van der Waals surface area contributed by atoms with Crippen molar-refractivity contribution in [2.45, 2.75) is 5.03 Å². The van der Waals surface area contributed by atoms with Crippen LogP contribution in [0.5, 0.6) is 0 Å². The van der Waals surface area contributed by atoms with Gasteiger partial charge in [0.2, 0.25) is 0 Å². The maximum absolute atomic E-state index is 4.31. The molecule has 0 bridgehead atoms. The van der Waals surface area contributed by atoms with Crippen LogP contribution in [0.3, 0.4) is 0 Å². The van der Waals surface area contributed by atoms with E-state index in [1.54, 1.807) is 0 Å². The molecule has 0 radical (unpaired) electrons. The van der Waals surface area contributed by atoms with E-state index in [0.29, 0.717) is 0 Å². The second-order valence-corrected chi connectivity index (χ2v) is 4.89. The van der Waals surface area contributed by atoms with Crippen molar-refractivity contribution in [2.24, 2.45) is 0 Å². The van der Waals surface area contributed by atoms with Gasteiger partial charge in [0.25, 0.3) is 5.03 Å². The van der Waals surface area contributed by atoms with Gasteiger partial charge in [-0.1, -0.05) is 6.07 Å². The van der Waals surface area contributed by atoms with Crippen molar-refractivity contribution in [3.8, 4) is 0 Å². The van der Waals surface area contributed by atoms with Gasteiger partial charge < -0.3 is 0 Å². The minimum atomic E-state index is 0.278. The average molecular weight is 179 g/mol. The Bertz CT molecular complexity index is 392. The molecular formula is C9H11N2S+. The van der Waals surface area contributed by atoms with Crippen LogP contribution in [0.1, 0.15) is 0 Å². The van der Waals surface area contributed by atoms with Crippen LogP contribution in [0.4, 0.5) is 0 Å². The van der Waals surface area contributed by atoms with Crippen LogP contribution in [0.2, 0.25) is 0 Å². The number of aromatic nitrogens is 2. The molecule has 2 nitrogen and oxygen atoms in total. The molecule has 0 spiro atoms. The summed E-state index contributed by atoms with van der Waals surface area (Å²) >= 11 is 0. The number of hydrogen-bond acceptors (Lipinski definition) is 1. The minimum absolute atomic E-state index is 0.278. The van der Waals surface area contributed by atoms with Crippen molar-refractivity contribution < 1.29 is 0 Å². The van der Waals surface area contributed by atoms with Crippen molar-refractivity contribution >= 4 is 16.5 Å². The number of rotatable bonds is 1. The van der Waals surface area contributed by atoms with E-state index in [2.05, 4.69) is 28.1 Å². The molecule has 0 amide bonds. The molecule has 0 atom stereocenters. The molecule has 0 N–H and O–H groups in total. The van der Waals surface area contributed by atoms with Crippen LogP contribution in [0.25, 0.3) is 5.65 Å².